The Hall–Kier alpha value is -2.22. The Balaban J connectivity index is 0.000000967. The minimum Gasteiger partial charge on any atom is -0.398 e. The van der Waals surface area contributed by atoms with Crippen LogP contribution in [0.2, 0.25) is 0 Å². The lowest BCUT2D eigenvalue weighted by molar-refractivity contribution is 0.481. The highest BCUT2D eigenvalue weighted by atomic mass is 32.2. The second kappa shape index (κ2) is 12.0. The van der Waals surface area contributed by atoms with Crippen molar-refractivity contribution in [3.8, 4) is 0 Å². The zero-order valence-corrected chi connectivity index (χ0v) is 20.2. The lowest BCUT2D eigenvalue weighted by Gasteiger charge is -2.09. The second-order valence-corrected chi connectivity index (χ2v) is 10.3. The average Bonchev–Trinajstić information content (AvgIpc) is 2.55. The van der Waals surface area contributed by atoms with Gasteiger partial charge in [-0.15, -0.1) is 0 Å². The van der Waals surface area contributed by atoms with Crippen LogP contribution in [0.1, 0.15) is 11.1 Å². The lowest BCUT2D eigenvalue weighted by atomic mass is 10.0. The Kier molecular flexibility index (Phi) is 11.1. The second-order valence-electron chi connectivity index (χ2n) is 7.55. The number of hydrogen-bond donors (Lipinski definition) is 4. The molecule has 0 atom stereocenters. The van der Waals surface area contributed by atoms with E-state index >= 15 is 0 Å². The highest BCUT2D eigenvalue weighted by Crippen LogP contribution is 2.24. The molecular formula is C19H32N4O6S2. The van der Waals surface area contributed by atoms with Gasteiger partial charge in [-0.3, -0.25) is 9.11 Å². The summed E-state index contributed by atoms with van der Waals surface area (Å²) in [4.78, 5) is 3.14. The third-order valence-electron chi connectivity index (χ3n) is 3.12. The molecule has 0 saturated carbocycles. The quantitative estimate of drug-likeness (QED) is 0.373. The predicted octanol–water partition coefficient (Wildman–Crippen LogP) is 1.29. The zero-order valence-electron chi connectivity index (χ0n) is 18.6. The third-order valence-corrected chi connectivity index (χ3v) is 4.94. The first kappa shape index (κ1) is 28.8. The first-order chi connectivity index (χ1) is 13.9. The number of anilines is 2. The zero-order chi connectivity index (χ0) is 24.6. The van der Waals surface area contributed by atoms with Crippen molar-refractivity contribution in [3.63, 3.8) is 0 Å². The van der Waals surface area contributed by atoms with Crippen molar-refractivity contribution in [2.24, 2.45) is 0 Å². The fourth-order valence-electron chi connectivity index (χ4n) is 2.06. The average molecular weight is 477 g/mol. The maximum absolute atomic E-state index is 11.2. The molecule has 0 spiro atoms. The number of nitrogen functional groups attached to an aromatic ring is 2. The summed E-state index contributed by atoms with van der Waals surface area (Å²) in [7, 11) is 3.07. The van der Waals surface area contributed by atoms with Gasteiger partial charge < -0.3 is 21.3 Å². The Bertz CT molecular complexity index is 978. The smallest absolute Gasteiger partial charge is 0.296 e. The summed E-state index contributed by atoms with van der Waals surface area (Å²) >= 11 is 0. The van der Waals surface area contributed by atoms with Crippen molar-refractivity contribution >= 4 is 31.6 Å². The molecule has 0 heterocycles. The maximum Gasteiger partial charge on any atom is 0.296 e. The van der Waals surface area contributed by atoms with Gasteiger partial charge in [-0.05, 0) is 84.1 Å². The van der Waals surface area contributed by atoms with Crippen LogP contribution >= 0.6 is 0 Å². The molecule has 0 fully saturated rings. The first-order valence-corrected chi connectivity index (χ1v) is 11.8. The van der Waals surface area contributed by atoms with Gasteiger partial charge in [-0.1, -0.05) is 12.1 Å². The van der Waals surface area contributed by atoms with Crippen LogP contribution in [0.4, 0.5) is 11.4 Å². The van der Waals surface area contributed by atoms with E-state index in [1.807, 2.05) is 52.1 Å². The number of hydrogen-bond acceptors (Lipinski definition) is 8. The number of nitrogens with zero attached hydrogens (tertiary/aromatic N) is 2. The van der Waals surface area contributed by atoms with Gasteiger partial charge >= 0.3 is 0 Å². The summed E-state index contributed by atoms with van der Waals surface area (Å²) in [5, 5.41) is 0. The van der Waals surface area contributed by atoms with Crippen molar-refractivity contribution < 1.29 is 25.9 Å². The summed E-state index contributed by atoms with van der Waals surface area (Å²) in [5.41, 5.74) is 11.7. The highest BCUT2D eigenvalue weighted by Gasteiger charge is 2.17. The van der Waals surface area contributed by atoms with Gasteiger partial charge in [0, 0.05) is 0 Å². The number of rotatable bonds is 4. The van der Waals surface area contributed by atoms with E-state index in [2.05, 4.69) is 0 Å². The fraction of sp³-hybridized carbons (Fsp3) is 0.368. The molecule has 2 aromatic rings. The molecule has 31 heavy (non-hydrogen) atoms. The lowest BCUT2D eigenvalue weighted by Crippen LogP contribution is -2.05. The molecule has 0 amide bonds. The molecule has 2 aromatic carbocycles. The van der Waals surface area contributed by atoms with Gasteiger partial charge in [0.25, 0.3) is 20.2 Å². The monoisotopic (exact) mass is 476 g/mol. The van der Waals surface area contributed by atoms with E-state index in [9.17, 15) is 16.8 Å². The van der Waals surface area contributed by atoms with Crippen LogP contribution in [-0.2, 0) is 26.7 Å². The molecule has 0 unspecified atom stereocenters. The van der Waals surface area contributed by atoms with Crippen LogP contribution in [0, 0.1) is 0 Å². The summed E-state index contributed by atoms with van der Waals surface area (Å²) < 4.78 is 63.2. The van der Waals surface area contributed by atoms with Gasteiger partial charge in [0.2, 0.25) is 0 Å². The number of nitrogens with two attached hydrogens (primary N) is 2. The van der Waals surface area contributed by atoms with Gasteiger partial charge in [0.1, 0.15) is 9.79 Å². The molecule has 0 bridgehead atoms. The summed E-state index contributed by atoms with van der Waals surface area (Å²) in [5.74, 6) is 0. The van der Waals surface area contributed by atoms with E-state index in [-0.39, 0.29) is 17.8 Å². The largest absolute Gasteiger partial charge is 0.398 e. The molecule has 0 aliphatic heterocycles. The van der Waals surface area contributed by atoms with Gasteiger partial charge in [-0.25, -0.2) is 0 Å². The normalized spacial score (nSPS) is 11.4. The summed E-state index contributed by atoms with van der Waals surface area (Å²) in [6.07, 6.45) is 0.144. The molecule has 12 heteroatoms. The standard InChI is InChI=1S/C13H14N2O6S2.2C3H9N/c14-10-3-1-8(6-12(10)22(16,17)18)5-9-2-4-11(15)13(7-9)23(19,20)21;2*1-4(2)3/h1-4,6-7H,5,14-15H2,(H,16,17,18)(H,19,20,21);2*1-3H3. The Morgan fingerprint density at radius 3 is 1.16 bits per heavy atom. The first-order valence-electron chi connectivity index (χ1n) is 8.88. The predicted molar refractivity (Wildman–Crippen MR) is 123 cm³/mol. The minimum absolute atomic E-state index is 0.104. The summed E-state index contributed by atoms with van der Waals surface area (Å²) in [6, 6.07) is 8.09. The Morgan fingerprint density at radius 2 is 0.935 bits per heavy atom. The van der Waals surface area contributed by atoms with Crippen molar-refractivity contribution in [2.45, 2.75) is 16.2 Å². The van der Waals surface area contributed by atoms with Gasteiger partial charge in [0.15, 0.2) is 0 Å². The fourth-order valence-corrected chi connectivity index (χ4v) is 3.39. The maximum atomic E-state index is 11.2. The summed E-state index contributed by atoms with van der Waals surface area (Å²) in [6.45, 7) is 0. The van der Waals surface area contributed by atoms with Crippen molar-refractivity contribution in [3.05, 3.63) is 47.5 Å². The molecule has 0 aliphatic carbocycles. The molecule has 10 nitrogen and oxygen atoms in total. The molecule has 0 aromatic heterocycles. The SMILES string of the molecule is CN(C)C.CN(C)C.Nc1ccc(Cc2ccc(N)c(S(=O)(=O)O)c2)cc1S(=O)(=O)O. The van der Waals surface area contributed by atoms with E-state index in [4.69, 9.17) is 20.6 Å². The van der Waals surface area contributed by atoms with Crippen LogP contribution in [0.5, 0.6) is 0 Å². The van der Waals surface area contributed by atoms with E-state index < -0.39 is 30.0 Å². The van der Waals surface area contributed by atoms with Crippen LogP contribution in [0.3, 0.4) is 0 Å². The third kappa shape index (κ3) is 11.7. The van der Waals surface area contributed by atoms with Gasteiger partial charge in [0.05, 0.1) is 11.4 Å². The molecular weight excluding hydrogens is 444 g/mol. The van der Waals surface area contributed by atoms with Crippen LogP contribution < -0.4 is 11.5 Å². The van der Waals surface area contributed by atoms with Crippen molar-refractivity contribution in [2.75, 3.05) is 53.8 Å². The Labute approximate surface area is 185 Å². The van der Waals surface area contributed by atoms with E-state index in [1.54, 1.807) is 0 Å². The van der Waals surface area contributed by atoms with E-state index in [1.165, 1.54) is 36.4 Å². The molecule has 0 radical (unpaired) electrons. The molecule has 0 aliphatic rings. The van der Waals surface area contributed by atoms with Gasteiger partial charge in [-0.2, -0.15) is 16.8 Å². The number of benzene rings is 2. The molecule has 2 rings (SSSR count). The highest BCUT2D eigenvalue weighted by molar-refractivity contribution is 7.86. The molecule has 0 saturated heterocycles. The van der Waals surface area contributed by atoms with Crippen LogP contribution in [-0.4, -0.2) is 78.0 Å². The molecule has 6 N–H and O–H groups in total. The van der Waals surface area contributed by atoms with E-state index in [0.717, 1.165) is 0 Å². The van der Waals surface area contributed by atoms with E-state index in [0.29, 0.717) is 11.1 Å². The van der Waals surface area contributed by atoms with Crippen LogP contribution in [0.25, 0.3) is 0 Å². The minimum atomic E-state index is -4.47. The Morgan fingerprint density at radius 1 is 0.677 bits per heavy atom. The van der Waals surface area contributed by atoms with Crippen molar-refractivity contribution in [1.29, 1.82) is 0 Å². The molecule has 176 valence electrons. The topological polar surface area (TPSA) is 167 Å². The van der Waals surface area contributed by atoms with Crippen molar-refractivity contribution in [1.82, 2.24) is 9.80 Å². The van der Waals surface area contributed by atoms with Crippen LogP contribution in [0.15, 0.2) is 46.2 Å².